The van der Waals surface area contributed by atoms with E-state index < -0.39 is 6.43 Å². The van der Waals surface area contributed by atoms with Crippen LogP contribution in [0.2, 0.25) is 0 Å². The van der Waals surface area contributed by atoms with Gasteiger partial charge in [-0.1, -0.05) is 29.5 Å². The summed E-state index contributed by atoms with van der Waals surface area (Å²) in [5, 5.41) is 0. The van der Waals surface area contributed by atoms with E-state index in [1.54, 1.807) is 6.92 Å². The molecule has 0 saturated heterocycles. The van der Waals surface area contributed by atoms with Gasteiger partial charge in [0.25, 0.3) is 0 Å². The van der Waals surface area contributed by atoms with Gasteiger partial charge >= 0.3 is 0 Å². The van der Waals surface area contributed by atoms with E-state index in [-0.39, 0.29) is 10.3 Å². The third-order valence-electron chi connectivity index (χ3n) is 0.503. The molecule has 0 aliphatic rings. The molecule has 0 aromatic rings. The molecule has 7 heavy (non-hydrogen) atoms. The van der Waals surface area contributed by atoms with E-state index in [1.807, 2.05) is 22.6 Å². The molecule has 0 amide bonds. The van der Waals surface area contributed by atoms with Crippen LogP contribution >= 0.6 is 22.6 Å². The molecule has 0 aromatic carbocycles. The van der Waals surface area contributed by atoms with Crippen LogP contribution in [0.5, 0.6) is 0 Å². The molecule has 44 valence electrons. The molecule has 0 saturated carbocycles. The minimum Gasteiger partial charge on any atom is -0.210 e. The molecular formula is C4H7F2I. The monoisotopic (exact) mass is 220 g/mol. The summed E-state index contributed by atoms with van der Waals surface area (Å²) in [4.78, 5) is 0. The lowest BCUT2D eigenvalue weighted by Gasteiger charge is -1.97. The van der Waals surface area contributed by atoms with E-state index in [0.29, 0.717) is 0 Å². The van der Waals surface area contributed by atoms with Crippen molar-refractivity contribution in [1.29, 1.82) is 0 Å². The highest BCUT2D eigenvalue weighted by molar-refractivity contribution is 14.1. The van der Waals surface area contributed by atoms with Gasteiger partial charge in [-0.05, 0) is 0 Å². The zero-order valence-corrected chi connectivity index (χ0v) is 6.15. The first kappa shape index (κ1) is 7.59. The summed E-state index contributed by atoms with van der Waals surface area (Å²) in [7, 11) is 0. The highest BCUT2D eigenvalue weighted by Gasteiger charge is 2.04. The van der Waals surface area contributed by atoms with Crippen LogP contribution in [0.3, 0.4) is 0 Å². The molecular weight excluding hydrogens is 213 g/mol. The average molecular weight is 220 g/mol. The van der Waals surface area contributed by atoms with Gasteiger partial charge in [0.2, 0.25) is 6.43 Å². The first-order valence-electron chi connectivity index (χ1n) is 2.05. The van der Waals surface area contributed by atoms with Gasteiger partial charge in [0.15, 0.2) is 0 Å². The maximum Gasteiger partial charge on any atom is 0.239 e. The van der Waals surface area contributed by atoms with Crippen molar-refractivity contribution in [1.82, 2.24) is 0 Å². The quantitative estimate of drug-likeness (QED) is 0.495. The summed E-state index contributed by atoms with van der Waals surface area (Å²) >= 11 is 1.98. The van der Waals surface area contributed by atoms with Gasteiger partial charge in [-0.3, -0.25) is 0 Å². The molecule has 0 aliphatic heterocycles. The van der Waals surface area contributed by atoms with Gasteiger partial charge in [0.05, 0.1) is 0 Å². The SMILES string of the molecule is C[C@@H](I)CC(F)F. The molecule has 0 nitrogen and oxygen atoms in total. The van der Waals surface area contributed by atoms with Crippen LogP contribution in [0.25, 0.3) is 0 Å². The molecule has 0 bridgehead atoms. The van der Waals surface area contributed by atoms with Crippen molar-refractivity contribution in [3.63, 3.8) is 0 Å². The van der Waals surface area contributed by atoms with Crippen molar-refractivity contribution < 1.29 is 8.78 Å². The molecule has 0 unspecified atom stereocenters. The van der Waals surface area contributed by atoms with Crippen LogP contribution in [-0.2, 0) is 0 Å². The number of alkyl halides is 3. The Labute approximate surface area is 55.4 Å². The van der Waals surface area contributed by atoms with Crippen molar-refractivity contribution in [2.24, 2.45) is 0 Å². The van der Waals surface area contributed by atoms with Gasteiger partial charge in [-0.2, -0.15) is 0 Å². The third-order valence-corrected chi connectivity index (χ3v) is 1.01. The molecule has 0 aromatic heterocycles. The van der Waals surface area contributed by atoms with Crippen LogP contribution in [-0.4, -0.2) is 10.4 Å². The smallest absolute Gasteiger partial charge is 0.210 e. The van der Waals surface area contributed by atoms with Gasteiger partial charge in [0, 0.05) is 10.3 Å². The molecule has 0 N–H and O–H groups in total. The molecule has 3 heteroatoms. The fourth-order valence-electron chi connectivity index (χ4n) is 0.246. The zero-order chi connectivity index (χ0) is 5.86. The van der Waals surface area contributed by atoms with Crippen LogP contribution in [0.1, 0.15) is 13.3 Å². The fourth-order valence-corrected chi connectivity index (χ4v) is 0.630. The molecule has 0 radical (unpaired) electrons. The maximum absolute atomic E-state index is 11.3. The number of hydrogen-bond acceptors (Lipinski definition) is 0. The van der Waals surface area contributed by atoms with Crippen molar-refractivity contribution in [3.8, 4) is 0 Å². The van der Waals surface area contributed by atoms with Gasteiger partial charge < -0.3 is 0 Å². The molecule has 0 rings (SSSR count). The number of rotatable bonds is 2. The van der Waals surface area contributed by atoms with Crippen LogP contribution in [0.4, 0.5) is 8.78 Å². The van der Waals surface area contributed by atoms with Crippen LogP contribution in [0.15, 0.2) is 0 Å². The Morgan fingerprint density at radius 1 is 1.57 bits per heavy atom. The fraction of sp³-hybridized carbons (Fsp3) is 1.00. The van der Waals surface area contributed by atoms with Crippen LogP contribution in [0, 0.1) is 0 Å². The van der Waals surface area contributed by atoms with E-state index in [4.69, 9.17) is 0 Å². The van der Waals surface area contributed by atoms with E-state index in [0.717, 1.165) is 0 Å². The Morgan fingerprint density at radius 3 is 2.00 bits per heavy atom. The Morgan fingerprint density at radius 2 is 2.00 bits per heavy atom. The third kappa shape index (κ3) is 6.59. The largest absolute Gasteiger partial charge is 0.239 e. The molecule has 0 aliphatic carbocycles. The van der Waals surface area contributed by atoms with E-state index in [2.05, 4.69) is 0 Å². The molecule has 0 fully saturated rings. The topological polar surface area (TPSA) is 0 Å². The number of halogens is 3. The van der Waals surface area contributed by atoms with E-state index in [9.17, 15) is 8.78 Å². The van der Waals surface area contributed by atoms with E-state index >= 15 is 0 Å². The second kappa shape index (κ2) is 3.57. The first-order valence-corrected chi connectivity index (χ1v) is 3.29. The lowest BCUT2D eigenvalue weighted by molar-refractivity contribution is 0.140. The standard InChI is InChI=1S/C4H7F2I/c1-3(7)2-4(5)6/h3-4H,2H2,1H3/t3-/m1/s1. The molecule has 0 spiro atoms. The Balaban J connectivity index is 2.95. The van der Waals surface area contributed by atoms with Crippen molar-refractivity contribution in [2.75, 3.05) is 0 Å². The Hall–Kier alpha value is 0.590. The second-order valence-corrected chi connectivity index (χ2v) is 3.53. The summed E-state index contributed by atoms with van der Waals surface area (Å²) in [6.45, 7) is 1.77. The summed E-state index contributed by atoms with van der Waals surface area (Å²) in [6, 6.07) is 0. The van der Waals surface area contributed by atoms with E-state index in [1.165, 1.54) is 0 Å². The minimum absolute atomic E-state index is 0.0144. The molecule has 1 atom stereocenters. The normalized spacial score (nSPS) is 15.0. The predicted molar refractivity (Wildman–Crippen MR) is 34.1 cm³/mol. The van der Waals surface area contributed by atoms with Gasteiger partial charge in [0.1, 0.15) is 0 Å². The summed E-state index contributed by atoms with van der Waals surface area (Å²) in [6.07, 6.45) is -2.12. The predicted octanol–water partition coefficient (Wildman–Crippen LogP) is 2.47. The lowest BCUT2D eigenvalue weighted by atomic mass is 10.4. The minimum atomic E-state index is -2.13. The Bertz CT molecular complexity index is 39.0. The highest BCUT2D eigenvalue weighted by Crippen LogP contribution is 2.10. The summed E-state index contributed by atoms with van der Waals surface area (Å²) in [5.74, 6) is 0. The maximum atomic E-state index is 11.3. The second-order valence-electron chi connectivity index (χ2n) is 1.41. The van der Waals surface area contributed by atoms with Crippen LogP contribution < -0.4 is 0 Å². The summed E-state index contributed by atoms with van der Waals surface area (Å²) in [5.41, 5.74) is 0. The average Bonchev–Trinajstić information content (AvgIpc) is 1.27. The first-order chi connectivity index (χ1) is 3.13. The highest BCUT2D eigenvalue weighted by atomic mass is 127. The van der Waals surface area contributed by atoms with Gasteiger partial charge in [-0.25, -0.2) is 8.78 Å². The lowest BCUT2D eigenvalue weighted by Crippen LogP contribution is -1.98. The zero-order valence-electron chi connectivity index (χ0n) is 4.00. The Kier molecular flexibility index (Phi) is 3.88. The summed E-state index contributed by atoms with van der Waals surface area (Å²) < 4.78 is 22.7. The number of hydrogen-bond donors (Lipinski definition) is 0. The van der Waals surface area contributed by atoms with Crippen molar-refractivity contribution in [2.45, 2.75) is 23.7 Å². The molecule has 0 heterocycles. The van der Waals surface area contributed by atoms with Crippen molar-refractivity contribution >= 4 is 22.6 Å². The van der Waals surface area contributed by atoms with Gasteiger partial charge in [-0.15, -0.1) is 0 Å². The van der Waals surface area contributed by atoms with Crippen molar-refractivity contribution in [3.05, 3.63) is 0 Å².